The lowest BCUT2D eigenvalue weighted by Crippen LogP contribution is -2.42. The zero-order chi connectivity index (χ0) is 21.3. The van der Waals surface area contributed by atoms with E-state index in [0.717, 1.165) is 44.6 Å². The van der Waals surface area contributed by atoms with E-state index >= 15 is 0 Å². The van der Waals surface area contributed by atoms with Gasteiger partial charge in [0.15, 0.2) is 0 Å². The van der Waals surface area contributed by atoms with Crippen molar-refractivity contribution in [1.29, 1.82) is 0 Å². The van der Waals surface area contributed by atoms with Gasteiger partial charge in [-0.05, 0) is 36.1 Å². The molecule has 1 fully saturated rings. The first-order chi connectivity index (χ1) is 13.7. The predicted octanol–water partition coefficient (Wildman–Crippen LogP) is 4.29. The predicted molar refractivity (Wildman–Crippen MR) is 99.9 cm³/mol. The zero-order valence-corrected chi connectivity index (χ0v) is 15.7. The van der Waals surface area contributed by atoms with E-state index in [0.29, 0.717) is 0 Å². The lowest BCUT2D eigenvalue weighted by Gasteiger charge is -2.33. The van der Waals surface area contributed by atoms with Gasteiger partial charge in [-0.15, -0.1) is 0 Å². The Kier molecular flexibility index (Phi) is 8.60. The van der Waals surface area contributed by atoms with E-state index in [9.17, 15) is 17.6 Å². The molecular weight excluding hydrogens is 390 g/mol. The molecule has 1 saturated heterocycles. The number of aliphatic carboxylic acids is 1. The van der Waals surface area contributed by atoms with Crippen molar-refractivity contribution >= 4 is 5.97 Å². The van der Waals surface area contributed by atoms with Crippen LogP contribution in [0, 0.1) is 5.82 Å². The Morgan fingerprint density at radius 1 is 1.07 bits per heavy atom. The molecule has 0 aliphatic carbocycles. The van der Waals surface area contributed by atoms with Gasteiger partial charge in [-0.25, -0.2) is 9.18 Å². The lowest BCUT2D eigenvalue weighted by atomic mass is 10.1. The number of hydrogen-bond acceptors (Lipinski definition) is 3. The fourth-order valence-corrected chi connectivity index (χ4v) is 2.92. The highest BCUT2D eigenvalue weighted by atomic mass is 19.4. The molecule has 0 bridgehead atoms. The number of morpholine rings is 1. The van der Waals surface area contributed by atoms with Gasteiger partial charge in [0.05, 0.1) is 12.7 Å². The van der Waals surface area contributed by atoms with Gasteiger partial charge in [-0.3, -0.25) is 4.90 Å². The number of ether oxygens (including phenoxy) is 1. The maximum atomic E-state index is 13.0. The Balaban J connectivity index is 0.000000370. The van der Waals surface area contributed by atoms with Crippen molar-refractivity contribution < 1.29 is 32.2 Å². The molecule has 0 amide bonds. The number of benzene rings is 2. The normalized spacial score (nSPS) is 17.3. The lowest BCUT2D eigenvalue weighted by molar-refractivity contribution is -0.192. The third-order valence-electron chi connectivity index (χ3n) is 4.38. The first kappa shape index (κ1) is 22.8. The van der Waals surface area contributed by atoms with E-state index in [1.807, 2.05) is 18.2 Å². The van der Waals surface area contributed by atoms with Gasteiger partial charge >= 0.3 is 12.1 Å². The number of rotatable bonds is 5. The molecule has 8 heteroatoms. The van der Waals surface area contributed by atoms with Crippen LogP contribution in [0.5, 0.6) is 0 Å². The quantitative estimate of drug-likeness (QED) is 0.743. The van der Waals surface area contributed by atoms with Crippen LogP contribution in [0.2, 0.25) is 0 Å². The van der Waals surface area contributed by atoms with Crippen LogP contribution in [-0.4, -0.2) is 48.0 Å². The summed E-state index contributed by atoms with van der Waals surface area (Å²) in [5, 5.41) is 7.12. The topological polar surface area (TPSA) is 49.8 Å². The van der Waals surface area contributed by atoms with Crippen LogP contribution in [-0.2, 0) is 22.5 Å². The standard InChI is InChI=1S/C19H22FNO.C2HF3O2/c20-18-9-6-17(7-10-18)14-21-12-13-22-19(15-21)11-8-16-4-2-1-3-5-16;3-2(4,5)1(6)7/h1-7,9-10,19H,8,11-15H2;(H,6,7). The monoisotopic (exact) mass is 413 g/mol. The van der Waals surface area contributed by atoms with Gasteiger partial charge < -0.3 is 9.84 Å². The SMILES string of the molecule is Fc1ccc(CN2CCOC(CCc3ccccc3)C2)cc1.O=C(O)C(F)(F)F. The highest BCUT2D eigenvalue weighted by Gasteiger charge is 2.38. The summed E-state index contributed by atoms with van der Waals surface area (Å²) in [6.45, 7) is 3.54. The van der Waals surface area contributed by atoms with Crippen LogP contribution >= 0.6 is 0 Å². The molecule has 29 heavy (non-hydrogen) atoms. The van der Waals surface area contributed by atoms with Gasteiger partial charge in [0.1, 0.15) is 5.82 Å². The van der Waals surface area contributed by atoms with Crippen molar-refractivity contribution in [3.63, 3.8) is 0 Å². The average molecular weight is 413 g/mol. The Morgan fingerprint density at radius 3 is 2.28 bits per heavy atom. The fourth-order valence-electron chi connectivity index (χ4n) is 2.92. The van der Waals surface area contributed by atoms with E-state index in [-0.39, 0.29) is 11.9 Å². The van der Waals surface area contributed by atoms with E-state index in [4.69, 9.17) is 14.6 Å². The summed E-state index contributed by atoms with van der Waals surface area (Å²) in [4.78, 5) is 11.3. The van der Waals surface area contributed by atoms with E-state index in [1.54, 1.807) is 0 Å². The molecule has 4 nitrogen and oxygen atoms in total. The van der Waals surface area contributed by atoms with Crippen molar-refractivity contribution in [2.75, 3.05) is 19.7 Å². The summed E-state index contributed by atoms with van der Waals surface area (Å²) in [5.41, 5.74) is 2.52. The summed E-state index contributed by atoms with van der Waals surface area (Å²) >= 11 is 0. The minimum atomic E-state index is -5.08. The van der Waals surface area contributed by atoms with Gasteiger partial charge in [0.2, 0.25) is 0 Å². The molecule has 1 unspecified atom stereocenters. The number of carbonyl (C=O) groups is 1. The molecule has 2 aromatic carbocycles. The Bertz CT molecular complexity index is 751. The van der Waals surface area contributed by atoms with Crippen molar-refractivity contribution in [1.82, 2.24) is 4.90 Å². The van der Waals surface area contributed by atoms with Gasteiger partial charge in [0, 0.05) is 19.6 Å². The number of aryl methyl sites for hydroxylation is 1. The van der Waals surface area contributed by atoms with Crippen molar-refractivity contribution in [3.8, 4) is 0 Å². The largest absolute Gasteiger partial charge is 0.490 e. The Labute approximate surface area is 166 Å². The molecule has 158 valence electrons. The maximum Gasteiger partial charge on any atom is 0.490 e. The van der Waals surface area contributed by atoms with Crippen LogP contribution in [0.15, 0.2) is 54.6 Å². The summed E-state index contributed by atoms with van der Waals surface area (Å²) in [5.74, 6) is -2.93. The molecule has 0 spiro atoms. The molecule has 3 rings (SSSR count). The summed E-state index contributed by atoms with van der Waals surface area (Å²) in [6, 6.07) is 17.3. The number of carboxylic acids is 1. The van der Waals surface area contributed by atoms with E-state index in [2.05, 4.69) is 29.2 Å². The Morgan fingerprint density at radius 2 is 1.69 bits per heavy atom. The van der Waals surface area contributed by atoms with Gasteiger partial charge in [0.25, 0.3) is 0 Å². The van der Waals surface area contributed by atoms with Crippen LogP contribution in [0.3, 0.4) is 0 Å². The molecule has 1 aliphatic heterocycles. The number of halogens is 4. The minimum Gasteiger partial charge on any atom is -0.475 e. The fraction of sp³-hybridized carbons (Fsp3) is 0.381. The summed E-state index contributed by atoms with van der Waals surface area (Å²) in [7, 11) is 0. The first-order valence-corrected chi connectivity index (χ1v) is 9.16. The van der Waals surface area contributed by atoms with Crippen LogP contribution in [0.1, 0.15) is 17.5 Å². The zero-order valence-electron chi connectivity index (χ0n) is 15.7. The number of nitrogens with zero attached hydrogens (tertiary/aromatic N) is 1. The molecule has 0 saturated carbocycles. The summed E-state index contributed by atoms with van der Waals surface area (Å²) in [6.07, 6.45) is -2.70. The average Bonchev–Trinajstić information content (AvgIpc) is 2.69. The van der Waals surface area contributed by atoms with Crippen LogP contribution < -0.4 is 0 Å². The molecule has 0 radical (unpaired) electrons. The Hall–Kier alpha value is -2.45. The molecule has 0 aromatic heterocycles. The third-order valence-corrected chi connectivity index (χ3v) is 4.38. The second kappa shape index (κ2) is 10.9. The molecular formula is C21H23F4NO3. The molecule has 1 aliphatic rings. The second-order valence-electron chi connectivity index (χ2n) is 6.68. The molecule has 1 heterocycles. The molecule has 1 atom stereocenters. The third kappa shape index (κ3) is 8.62. The van der Waals surface area contributed by atoms with Crippen LogP contribution in [0.4, 0.5) is 17.6 Å². The maximum absolute atomic E-state index is 13.0. The number of alkyl halides is 3. The van der Waals surface area contributed by atoms with E-state index < -0.39 is 12.1 Å². The van der Waals surface area contributed by atoms with Gasteiger partial charge in [-0.1, -0.05) is 42.5 Å². The second-order valence-corrected chi connectivity index (χ2v) is 6.68. The van der Waals surface area contributed by atoms with Gasteiger partial charge in [-0.2, -0.15) is 13.2 Å². The minimum absolute atomic E-state index is 0.175. The van der Waals surface area contributed by atoms with Crippen molar-refractivity contribution in [2.45, 2.75) is 31.7 Å². The number of carboxylic acid groups (broad SMARTS) is 1. The first-order valence-electron chi connectivity index (χ1n) is 9.16. The van der Waals surface area contributed by atoms with Crippen molar-refractivity contribution in [3.05, 3.63) is 71.5 Å². The molecule has 1 N–H and O–H groups in total. The highest BCUT2D eigenvalue weighted by molar-refractivity contribution is 5.73. The number of hydrogen-bond donors (Lipinski definition) is 1. The van der Waals surface area contributed by atoms with Crippen LogP contribution in [0.25, 0.3) is 0 Å². The smallest absolute Gasteiger partial charge is 0.475 e. The molecule has 2 aromatic rings. The van der Waals surface area contributed by atoms with Crippen molar-refractivity contribution in [2.24, 2.45) is 0 Å². The highest BCUT2D eigenvalue weighted by Crippen LogP contribution is 2.15. The summed E-state index contributed by atoms with van der Waals surface area (Å²) < 4.78 is 50.6. The van der Waals surface area contributed by atoms with E-state index in [1.165, 1.54) is 17.7 Å².